The average molecular weight is 946 g/mol. The van der Waals surface area contributed by atoms with Crippen molar-refractivity contribution in [1.82, 2.24) is 0 Å². The van der Waals surface area contributed by atoms with E-state index >= 15 is 0 Å². The SMILES string of the molecule is CC(C)CCCCCCCCCCCCCCC(=O)O.CC(C)CCCCCCCCCCCCCCC(=O)O.CC(C)CCCCCCCCCCCCCCC(=O)O.OCC(O)CO. The lowest BCUT2D eigenvalue weighted by Crippen LogP contribution is -2.15. The van der Waals surface area contributed by atoms with Gasteiger partial charge in [0.05, 0.1) is 13.2 Å². The molecule has 0 aromatic heterocycles. The maximum Gasteiger partial charge on any atom is 0.303 e. The van der Waals surface area contributed by atoms with E-state index in [4.69, 9.17) is 30.6 Å². The van der Waals surface area contributed by atoms with E-state index in [0.717, 1.165) is 56.3 Å². The average Bonchev–Trinajstić information content (AvgIpc) is 3.26. The van der Waals surface area contributed by atoms with E-state index in [1.165, 1.54) is 212 Å². The topological polar surface area (TPSA) is 173 Å². The van der Waals surface area contributed by atoms with Gasteiger partial charge in [-0.15, -0.1) is 0 Å². The minimum atomic E-state index is -0.954. The molecule has 0 saturated carbocycles. The summed E-state index contributed by atoms with van der Waals surface area (Å²) in [6.07, 6.45) is 51.0. The van der Waals surface area contributed by atoms with Crippen LogP contribution in [0.25, 0.3) is 0 Å². The summed E-state index contributed by atoms with van der Waals surface area (Å²) in [4.78, 5) is 31.0. The summed E-state index contributed by atoms with van der Waals surface area (Å²) < 4.78 is 0. The van der Waals surface area contributed by atoms with E-state index < -0.39 is 24.0 Å². The van der Waals surface area contributed by atoms with Crippen LogP contribution in [0.3, 0.4) is 0 Å². The molecule has 0 fully saturated rings. The van der Waals surface area contributed by atoms with Gasteiger partial charge < -0.3 is 30.6 Å². The Hall–Kier alpha value is -1.71. The van der Waals surface area contributed by atoms with Gasteiger partial charge in [0.25, 0.3) is 0 Å². The fourth-order valence-corrected chi connectivity index (χ4v) is 7.85. The fourth-order valence-electron chi connectivity index (χ4n) is 7.85. The van der Waals surface area contributed by atoms with Gasteiger partial charge in [-0.3, -0.25) is 14.4 Å². The van der Waals surface area contributed by atoms with Gasteiger partial charge in [0.2, 0.25) is 0 Å². The number of unbranched alkanes of at least 4 members (excludes halogenated alkanes) is 33. The molecule has 0 atom stereocenters. The normalized spacial score (nSPS) is 11.0. The lowest BCUT2D eigenvalue weighted by molar-refractivity contribution is -0.138. The van der Waals surface area contributed by atoms with Crippen LogP contribution in [0.4, 0.5) is 0 Å². The van der Waals surface area contributed by atoms with Gasteiger partial charge in [-0.2, -0.15) is 0 Å². The van der Waals surface area contributed by atoms with Crippen molar-refractivity contribution in [3.8, 4) is 0 Å². The van der Waals surface area contributed by atoms with Gasteiger partial charge in [0, 0.05) is 19.3 Å². The van der Waals surface area contributed by atoms with Crippen LogP contribution in [0.5, 0.6) is 0 Å². The smallest absolute Gasteiger partial charge is 0.303 e. The van der Waals surface area contributed by atoms with Crippen molar-refractivity contribution >= 4 is 17.9 Å². The zero-order valence-corrected chi connectivity index (χ0v) is 44.8. The Morgan fingerprint density at radius 2 is 0.409 bits per heavy atom. The van der Waals surface area contributed by atoms with Gasteiger partial charge in [-0.1, -0.05) is 273 Å². The first-order valence-corrected chi connectivity index (χ1v) is 28.2. The highest BCUT2D eigenvalue weighted by Crippen LogP contribution is 2.17. The Balaban J connectivity index is -0.000000410. The van der Waals surface area contributed by atoms with Crippen LogP contribution in [0.1, 0.15) is 311 Å². The summed E-state index contributed by atoms with van der Waals surface area (Å²) in [5.74, 6) is 0.636. The second-order valence-corrected chi connectivity index (χ2v) is 20.7. The fraction of sp³-hybridized carbons (Fsp3) is 0.947. The largest absolute Gasteiger partial charge is 0.481 e. The second-order valence-electron chi connectivity index (χ2n) is 20.7. The number of carboxylic acid groups (broad SMARTS) is 3. The molecule has 9 nitrogen and oxygen atoms in total. The predicted molar refractivity (Wildman–Crippen MR) is 282 cm³/mol. The Kier molecular flexibility index (Phi) is 65.8. The third-order valence-corrected chi connectivity index (χ3v) is 12.2. The van der Waals surface area contributed by atoms with Gasteiger partial charge >= 0.3 is 17.9 Å². The molecule has 0 spiro atoms. The Morgan fingerprint density at radius 3 is 0.515 bits per heavy atom. The van der Waals surface area contributed by atoms with Crippen LogP contribution in [0.15, 0.2) is 0 Å². The monoisotopic (exact) mass is 945 g/mol. The molecule has 0 saturated heterocycles. The lowest BCUT2D eigenvalue weighted by Gasteiger charge is -2.04. The van der Waals surface area contributed by atoms with Crippen molar-refractivity contribution in [1.29, 1.82) is 0 Å². The molecule has 398 valence electrons. The first-order chi connectivity index (χ1) is 31.7. The molecule has 0 aliphatic heterocycles. The number of carbonyl (C=O) groups is 3. The number of hydrogen-bond acceptors (Lipinski definition) is 6. The molecule has 6 N–H and O–H groups in total. The summed E-state index contributed by atoms with van der Waals surface area (Å²) in [6.45, 7) is 13.1. The Labute approximate surface area is 409 Å². The van der Waals surface area contributed by atoms with Gasteiger partial charge in [-0.25, -0.2) is 0 Å². The third kappa shape index (κ3) is 82.4. The molecule has 0 bridgehead atoms. The highest BCUT2D eigenvalue weighted by molar-refractivity contribution is 5.67. The molecule has 0 unspecified atom stereocenters. The number of aliphatic carboxylic acids is 3. The van der Waals surface area contributed by atoms with Gasteiger partial charge in [0.1, 0.15) is 6.10 Å². The van der Waals surface area contributed by atoms with Crippen molar-refractivity contribution in [3.05, 3.63) is 0 Å². The molecular weight excluding hydrogens is 829 g/mol. The number of rotatable bonds is 47. The van der Waals surface area contributed by atoms with E-state index in [9.17, 15) is 14.4 Å². The van der Waals surface area contributed by atoms with Crippen LogP contribution in [0.2, 0.25) is 0 Å². The van der Waals surface area contributed by atoms with Crippen LogP contribution in [-0.4, -0.2) is 67.9 Å². The van der Waals surface area contributed by atoms with E-state index in [1.807, 2.05) is 0 Å². The molecule has 0 heterocycles. The summed E-state index contributed by atoms with van der Waals surface area (Å²) >= 11 is 0. The third-order valence-electron chi connectivity index (χ3n) is 12.2. The predicted octanol–water partition coefficient (Wildman–Crippen LogP) is 16.9. The number of carboxylic acids is 3. The highest BCUT2D eigenvalue weighted by Gasteiger charge is 2.01. The second kappa shape index (κ2) is 61.3. The minimum absolute atomic E-state index is 0.344. The quantitative estimate of drug-likeness (QED) is 0.0325. The molecular formula is C57H116O9. The Morgan fingerprint density at radius 1 is 0.273 bits per heavy atom. The van der Waals surface area contributed by atoms with Crippen LogP contribution < -0.4 is 0 Å². The van der Waals surface area contributed by atoms with Crippen molar-refractivity contribution in [2.45, 2.75) is 317 Å². The van der Waals surface area contributed by atoms with Crippen molar-refractivity contribution in [3.63, 3.8) is 0 Å². The molecule has 0 aliphatic carbocycles. The molecule has 0 rings (SSSR count). The van der Waals surface area contributed by atoms with Crippen LogP contribution >= 0.6 is 0 Å². The number of aliphatic hydroxyl groups is 3. The van der Waals surface area contributed by atoms with E-state index in [0.29, 0.717) is 19.3 Å². The zero-order chi connectivity index (χ0) is 50.2. The highest BCUT2D eigenvalue weighted by atomic mass is 16.4. The Bertz CT molecular complexity index is 826. The van der Waals surface area contributed by atoms with E-state index in [-0.39, 0.29) is 13.2 Å². The molecule has 66 heavy (non-hydrogen) atoms. The lowest BCUT2D eigenvalue weighted by atomic mass is 10.0. The standard InChI is InChI=1S/3C18H36O2.C3H8O3/c3*1-17(2)15-13-11-9-7-5-3-4-6-8-10-12-14-16-18(19)20;4-1-3(6)2-5/h3*17H,3-16H2,1-2H3,(H,19,20);3-6H,1-2H2. The summed E-state index contributed by atoms with van der Waals surface area (Å²) in [6, 6.07) is 0. The molecule has 0 aliphatic rings. The van der Waals surface area contributed by atoms with Crippen LogP contribution in [0, 0.1) is 17.8 Å². The van der Waals surface area contributed by atoms with E-state index in [1.54, 1.807) is 0 Å². The summed E-state index contributed by atoms with van der Waals surface area (Å²) in [5.41, 5.74) is 0. The van der Waals surface area contributed by atoms with Crippen molar-refractivity contribution < 1.29 is 45.0 Å². The maximum atomic E-state index is 10.3. The van der Waals surface area contributed by atoms with Crippen molar-refractivity contribution in [2.24, 2.45) is 17.8 Å². The minimum Gasteiger partial charge on any atom is -0.481 e. The molecule has 0 aromatic rings. The molecule has 0 amide bonds. The van der Waals surface area contributed by atoms with Gasteiger partial charge in [-0.05, 0) is 37.0 Å². The summed E-state index contributed by atoms with van der Waals surface area (Å²) in [5, 5.41) is 49.6. The first-order valence-electron chi connectivity index (χ1n) is 28.2. The van der Waals surface area contributed by atoms with E-state index in [2.05, 4.69) is 41.5 Å². The van der Waals surface area contributed by atoms with Crippen LogP contribution in [-0.2, 0) is 14.4 Å². The summed E-state index contributed by atoms with van der Waals surface area (Å²) in [7, 11) is 0. The van der Waals surface area contributed by atoms with Crippen molar-refractivity contribution in [2.75, 3.05) is 13.2 Å². The molecule has 0 radical (unpaired) electrons. The molecule has 0 aromatic carbocycles. The number of aliphatic hydroxyl groups excluding tert-OH is 3. The number of hydrogen-bond donors (Lipinski definition) is 6. The zero-order valence-electron chi connectivity index (χ0n) is 44.8. The maximum absolute atomic E-state index is 10.3. The molecule has 9 heteroatoms. The first kappa shape index (κ1) is 70.8. The van der Waals surface area contributed by atoms with Gasteiger partial charge in [0.15, 0.2) is 0 Å².